The lowest BCUT2D eigenvalue weighted by atomic mass is 10.0. The van der Waals surface area contributed by atoms with Gasteiger partial charge in [-0.15, -0.1) is 0 Å². The van der Waals surface area contributed by atoms with E-state index in [0.29, 0.717) is 22.2 Å². The van der Waals surface area contributed by atoms with Crippen LogP contribution in [0.2, 0.25) is 0 Å². The number of methoxy groups -OCH3 is 1. The molecule has 1 fully saturated rings. The number of rotatable bonds is 7. The van der Waals surface area contributed by atoms with Crippen LogP contribution in [0, 0.1) is 5.82 Å². The second-order valence-corrected chi connectivity index (χ2v) is 10.6. The molecule has 2 N–H and O–H groups in total. The van der Waals surface area contributed by atoms with Crippen LogP contribution in [0.5, 0.6) is 5.75 Å². The molecule has 0 bridgehead atoms. The summed E-state index contributed by atoms with van der Waals surface area (Å²) in [5.41, 5.74) is 2.81. The monoisotopic (exact) mass is 537 g/mol. The molecular formula is C26H24FN5O3S2. The fourth-order valence-electron chi connectivity index (χ4n) is 4.56. The van der Waals surface area contributed by atoms with Gasteiger partial charge in [0.25, 0.3) is 0 Å². The van der Waals surface area contributed by atoms with E-state index in [-0.39, 0.29) is 17.5 Å². The number of sulfonamides is 1. The molecule has 0 saturated carbocycles. The van der Waals surface area contributed by atoms with Gasteiger partial charge in [-0.2, -0.15) is 0 Å². The normalized spacial score (nSPS) is 17.5. The van der Waals surface area contributed by atoms with Crippen molar-refractivity contribution in [3.05, 3.63) is 102 Å². The number of anilines is 2. The van der Waals surface area contributed by atoms with Gasteiger partial charge in [0.15, 0.2) is 5.11 Å². The SMILES string of the molecule is COc1ccc(N2C(=S)N[C@@H](c3ccccn3)[C@@H]2c2cccn2-c2ccccc2F)cc1NS(C)(=O)=O. The van der Waals surface area contributed by atoms with Gasteiger partial charge in [0.2, 0.25) is 10.0 Å². The average Bonchev–Trinajstić information content (AvgIpc) is 3.48. The van der Waals surface area contributed by atoms with Crippen LogP contribution in [0.25, 0.3) is 5.69 Å². The zero-order valence-electron chi connectivity index (χ0n) is 20.0. The topological polar surface area (TPSA) is 88.5 Å². The van der Waals surface area contributed by atoms with Crippen molar-refractivity contribution in [3.8, 4) is 11.4 Å². The number of ether oxygens (including phenoxy) is 1. The van der Waals surface area contributed by atoms with Crippen molar-refractivity contribution in [3.63, 3.8) is 0 Å². The Morgan fingerprint density at radius 3 is 2.57 bits per heavy atom. The zero-order valence-corrected chi connectivity index (χ0v) is 21.6. The predicted molar refractivity (Wildman–Crippen MR) is 145 cm³/mol. The van der Waals surface area contributed by atoms with Gasteiger partial charge in [-0.1, -0.05) is 18.2 Å². The van der Waals surface area contributed by atoms with Crippen molar-refractivity contribution in [1.29, 1.82) is 0 Å². The van der Waals surface area contributed by atoms with Crippen LogP contribution in [0.15, 0.2) is 85.2 Å². The molecule has 2 aromatic carbocycles. The molecule has 37 heavy (non-hydrogen) atoms. The summed E-state index contributed by atoms with van der Waals surface area (Å²) in [6.45, 7) is 0. The lowest BCUT2D eigenvalue weighted by Gasteiger charge is -2.29. The Kier molecular flexibility index (Phi) is 6.57. The third-order valence-electron chi connectivity index (χ3n) is 6.05. The zero-order chi connectivity index (χ0) is 26.2. The fourth-order valence-corrected chi connectivity index (χ4v) is 5.47. The maximum absolute atomic E-state index is 14.9. The highest BCUT2D eigenvalue weighted by Gasteiger charge is 2.42. The number of thiocarbonyl (C=S) groups is 1. The Labute approximate surface area is 219 Å². The quantitative estimate of drug-likeness (QED) is 0.334. The van der Waals surface area contributed by atoms with Gasteiger partial charge >= 0.3 is 0 Å². The summed E-state index contributed by atoms with van der Waals surface area (Å²) >= 11 is 5.78. The summed E-state index contributed by atoms with van der Waals surface area (Å²) in [5.74, 6) is -0.00156. The molecule has 5 rings (SSSR count). The molecule has 0 radical (unpaired) electrons. The van der Waals surface area contributed by atoms with Gasteiger partial charge in [0, 0.05) is 23.8 Å². The minimum absolute atomic E-state index is 0.273. The van der Waals surface area contributed by atoms with Crippen molar-refractivity contribution >= 4 is 38.7 Å². The summed E-state index contributed by atoms with van der Waals surface area (Å²) < 4.78 is 48.6. The van der Waals surface area contributed by atoms with Gasteiger partial charge in [0.05, 0.1) is 36.5 Å². The number of benzene rings is 2. The molecule has 1 aliphatic rings. The molecule has 8 nitrogen and oxygen atoms in total. The first-order valence-electron chi connectivity index (χ1n) is 11.4. The third-order valence-corrected chi connectivity index (χ3v) is 6.96. The van der Waals surface area contributed by atoms with Crippen molar-refractivity contribution in [2.45, 2.75) is 12.1 Å². The Morgan fingerprint density at radius 2 is 1.86 bits per heavy atom. The molecular weight excluding hydrogens is 513 g/mol. The van der Waals surface area contributed by atoms with E-state index in [1.807, 2.05) is 35.2 Å². The van der Waals surface area contributed by atoms with Crippen molar-refractivity contribution in [2.24, 2.45) is 0 Å². The van der Waals surface area contributed by atoms with E-state index >= 15 is 0 Å². The lowest BCUT2D eigenvalue weighted by molar-refractivity contribution is 0.417. The number of halogens is 1. The number of hydrogen-bond acceptors (Lipinski definition) is 5. The minimum atomic E-state index is -3.57. The summed E-state index contributed by atoms with van der Waals surface area (Å²) in [4.78, 5) is 6.44. The minimum Gasteiger partial charge on any atom is -0.495 e. The second kappa shape index (κ2) is 9.83. The molecule has 0 amide bonds. The van der Waals surface area contributed by atoms with Gasteiger partial charge in [-0.3, -0.25) is 9.71 Å². The van der Waals surface area contributed by atoms with Gasteiger partial charge < -0.3 is 19.5 Å². The maximum atomic E-state index is 14.9. The first-order valence-corrected chi connectivity index (χ1v) is 13.7. The average molecular weight is 538 g/mol. The molecule has 0 spiro atoms. The van der Waals surface area contributed by atoms with E-state index in [2.05, 4.69) is 15.0 Å². The number of nitrogens with one attached hydrogen (secondary N) is 2. The highest BCUT2D eigenvalue weighted by molar-refractivity contribution is 7.92. The third kappa shape index (κ3) is 4.87. The molecule has 0 unspecified atom stereocenters. The Bertz CT molecular complexity index is 1560. The molecule has 11 heteroatoms. The molecule has 1 aliphatic heterocycles. The van der Waals surface area contributed by atoms with Crippen LogP contribution in [0.3, 0.4) is 0 Å². The molecule has 190 valence electrons. The molecule has 2 atom stereocenters. The Morgan fingerprint density at radius 1 is 1.08 bits per heavy atom. The van der Waals surface area contributed by atoms with Crippen molar-refractivity contribution < 1.29 is 17.5 Å². The van der Waals surface area contributed by atoms with Crippen LogP contribution >= 0.6 is 12.2 Å². The highest BCUT2D eigenvalue weighted by Crippen LogP contribution is 2.44. The van der Waals surface area contributed by atoms with Crippen LogP contribution < -0.4 is 19.7 Å². The second-order valence-electron chi connectivity index (χ2n) is 8.51. The summed E-state index contributed by atoms with van der Waals surface area (Å²) in [6.07, 6.45) is 4.58. The Balaban J connectivity index is 1.68. The largest absolute Gasteiger partial charge is 0.495 e. The number of hydrogen-bond donors (Lipinski definition) is 2. The van der Waals surface area contributed by atoms with Crippen LogP contribution in [0.4, 0.5) is 15.8 Å². The number of pyridine rings is 1. The smallest absolute Gasteiger partial charge is 0.229 e. The van der Waals surface area contributed by atoms with E-state index in [1.165, 1.54) is 13.2 Å². The van der Waals surface area contributed by atoms with Gasteiger partial charge in [-0.25, -0.2) is 12.8 Å². The first kappa shape index (κ1) is 24.7. The number of aromatic nitrogens is 2. The summed E-state index contributed by atoms with van der Waals surface area (Å²) in [7, 11) is -2.11. The summed E-state index contributed by atoms with van der Waals surface area (Å²) in [5, 5.41) is 3.78. The van der Waals surface area contributed by atoms with Crippen LogP contribution in [0.1, 0.15) is 23.5 Å². The summed E-state index contributed by atoms with van der Waals surface area (Å²) in [6, 6.07) is 20.2. The fraction of sp³-hybridized carbons (Fsp3) is 0.154. The van der Waals surface area contributed by atoms with Gasteiger partial charge in [0.1, 0.15) is 17.6 Å². The standard InChI is InChI=1S/C26H24FN5O3S2/c1-35-23-13-12-17(16-20(23)30-37(2,33)34)32-25(24(29-26(32)36)19-9-5-6-14-28-19)22-11-7-15-31(22)21-10-4-3-8-18(21)27/h3-16,24-25,30H,1-2H3,(H,29,36)/t24-,25-/m0/s1. The first-order chi connectivity index (χ1) is 17.8. The molecule has 3 heterocycles. The van der Waals surface area contributed by atoms with E-state index in [9.17, 15) is 12.8 Å². The molecule has 0 aliphatic carbocycles. The lowest BCUT2D eigenvalue weighted by Crippen LogP contribution is -2.30. The number of para-hydroxylation sites is 1. The van der Waals surface area contributed by atoms with Crippen LogP contribution in [-0.4, -0.2) is 36.4 Å². The number of nitrogens with zero attached hydrogens (tertiary/aromatic N) is 3. The van der Waals surface area contributed by atoms with Crippen LogP contribution in [-0.2, 0) is 10.0 Å². The molecule has 1 saturated heterocycles. The van der Waals surface area contributed by atoms with E-state index in [4.69, 9.17) is 17.0 Å². The predicted octanol–water partition coefficient (Wildman–Crippen LogP) is 4.57. The van der Waals surface area contributed by atoms with E-state index in [0.717, 1.165) is 17.6 Å². The van der Waals surface area contributed by atoms with Gasteiger partial charge in [-0.05, 0) is 66.8 Å². The van der Waals surface area contributed by atoms with Crippen molar-refractivity contribution in [1.82, 2.24) is 14.9 Å². The van der Waals surface area contributed by atoms with Crippen molar-refractivity contribution in [2.75, 3.05) is 23.0 Å². The van der Waals surface area contributed by atoms with E-state index in [1.54, 1.807) is 53.4 Å². The maximum Gasteiger partial charge on any atom is 0.229 e. The highest BCUT2D eigenvalue weighted by atomic mass is 32.2. The molecule has 4 aromatic rings. The Hall–Kier alpha value is -3.96. The van der Waals surface area contributed by atoms with E-state index < -0.39 is 16.1 Å². The molecule has 2 aromatic heterocycles.